The highest BCUT2D eigenvalue weighted by atomic mass is 32.2. The molecule has 0 spiro atoms. The normalized spacial score (nSPS) is 38.6. The van der Waals surface area contributed by atoms with Crippen molar-refractivity contribution in [1.82, 2.24) is 9.58 Å². The molecular weight excluding hydrogens is 586 g/mol. The van der Waals surface area contributed by atoms with Gasteiger partial charge in [0.25, 0.3) is 11.5 Å². The van der Waals surface area contributed by atoms with Gasteiger partial charge in [0, 0.05) is 42.5 Å². The number of sulfone groups is 1. The Kier molecular flexibility index (Phi) is 8.52. The zero-order chi connectivity index (χ0) is 32.2. The highest BCUT2D eigenvalue weighted by molar-refractivity contribution is 7.91. The third kappa shape index (κ3) is 5.36. The molecule has 44 heavy (non-hydrogen) atoms. The fraction of sp³-hybridized carbons (Fsp3) is 0.688. The molecule has 1 aromatic rings. The Labute approximate surface area is 258 Å². The maximum absolute atomic E-state index is 13.8. The number of aliphatic hydroxyl groups is 1. The topological polar surface area (TPSA) is 152 Å². The van der Waals surface area contributed by atoms with Crippen LogP contribution in [-0.2, 0) is 24.2 Å². The first-order valence-electron chi connectivity index (χ1n) is 15.6. The second-order valence-electron chi connectivity index (χ2n) is 14.0. The molecular formula is C32H45N3O8S. The molecule has 0 aromatic carbocycles. The third-order valence-electron chi connectivity index (χ3n) is 11.8. The number of carbonyl (C=O) groups is 3. The molecule has 242 valence electrons. The van der Waals surface area contributed by atoms with Gasteiger partial charge in [0.05, 0.1) is 24.2 Å². The molecule has 3 saturated carbocycles. The van der Waals surface area contributed by atoms with Gasteiger partial charge in [0.2, 0.25) is 0 Å². The van der Waals surface area contributed by atoms with Crippen molar-refractivity contribution >= 4 is 27.5 Å². The highest BCUT2D eigenvalue weighted by Gasteiger charge is 2.68. The van der Waals surface area contributed by atoms with E-state index in [1.54, 1.807) is 11.0 Å². The highest BCUT2D eigenvalue weighted by Crippen LogP contribution is 2.68. The van der Waals surface area contributed by atoms with Gasteiger partial charge in [-0.25, -0.2) is 17.9 Å². The van der Waals surface area contributed by atoms with E-state index in [1.807, 2.05) is 20.8 Å². The van der Waals surface area contributed by atoms with E-state index in [2.05, 4.69) is 18.9 Å². The van der Waals surface area contributed by atoms with Crippen molar-refractivity contribution in [3.63, 3.8) is 0 Å². The predicted octanol–water partition coefficient (Wildman–Crippen LogP) is 2.17. The van der Waals surface area contributed by atoms with Crippen molar-refractivity contribution in [3.05, 3.63) is 46.9 Å². The second kappa shape index (κ2) is 11.5. The Morgan fingerprint density at radius 3 is 2.52 bits per heavy atom. The van der Waals surface area contributed by atoms with Gasteiger partial charge < -0.3 is 9.84 Å². The smallest absolute Gasteiger partial charge is 0.344 e. The molecule has 2 heterocycles. The quantitative estimate of drug-likeness (QED) is 0.355. The number of nitrogens with zero attached hydrogens (tertiary/aromatic N) is 2. The lowest BCUT2D eigenvalue weighted by Gasteiger charge is -2.61. The van der Waals surface area contributed by atoms with Gasteiger partial charge in [-0.1, -0.05) is 33.8 Å². The summed E-state index contributed by atoms with van der Waals surface area (Å²) in [6, 6.07) is 2.80. The maximum Gasteiger partial charge on any atom is 0.344 e. The molecule has 1 aliphatic heterocycles. The van der Waals surface area contributed by atoms with E-state index >= 15 is 0 Å². The summed E-state index contributed by atoms with van der Waals surface area (Å²) in [5, 5.41) is 11.7. The minimum atomic E-state index is -3.10. The number of ether oxygens (including phenoxy) is 1. The van der Waals surface area contributed by atoms with Crippen molar-refractivity contribution in [3.8, 4) is 0 Å². The van der Waals surface area contributed by atoms with Crippen LogP contribution < -0.4 is 11.0 Å². The first-order valence-corrected chi connectivity index (χ1v) is 17.4. The first-order chi connectivity index (χ1) is 20.6. The van der Waals surface area contributed by atoms with E-state index in [4.69, 9.17) is 4.74 Å². The fourth-order valence-electron chi connectivity index (χ4n) is 8.71. The van der Waals surface area contributed by atoms with E-state index in [0.29, 0.717) is 12.8 Å². The van der Waals surface area contributed by atoms with Crippen molar-refractivity contribution in [2.45, 2.75) is 72.0 Å². The SMILES string of the molecule is C=C[C@]1(C)C[C@@H](OC(=O)c2cccn(NC(=O)CN3CCS(=O)(=O)CC3)c2=O)[C@@]2(C)C3C(=O)CC[C@@]3(CC[C@H]2C)[C@@H](C)[C@@H]1O. The number of esters is 1. The van der Waals surface area contributed by atoms with Gasteiger partial charge in [-0.2, -0.15) is 0 Å². The second-order valence-corrected chi connectivity index (χ2v) is 16.3. The summed E-state index contributed by atoms with van der Waals surface area (Å²) in [5.74, 6) is -1.85. The molecule has 1 aromatic heterocycles. The summed E-state index contributed by atoms with van der Waals surface area (Å²) in [5.41, 5.74) is -0.525. The van der Waals surface area contributed by atoms with Crippen LogP contribution in [0.3, 0.4) is 0 Å². The van der Waals surface area contributed by atoms with Gasteiger partial charge in [-0.15, -0.1) is 6.58 Å². The summed E-state index contributed by atoms with van der Waals surface area (Å²) >= 11 is 0. The minimum Gasteiger partial charge on any atom is -0.458 e. The third-order valence-corrected chi connectivity index (χ3v) is 13.4. The van der Waals surface area contributed by atoms with Crippen LogP contribution in [0, 0.1) is 34.0 Å². The Bertz CT molecular complexity index is 1510. The average Bonchev–Trinajstić information content (AvgIpc) is 3.33. The van der Waals surface area contributed by atoms with E-state index in [9.17, 15) is 32.7 Å². The number of carbonyl (C=O) groups excluding carboxylic acids is 3. The van der Waals surface area contributed by atoms with Crippen molar-refractivity contribution in [2.75, 3.05) is 36.6 Å². The molecule has 4 fully saturated rings. The largest absolute Gasteiger partial charge is 0.458 e. The lowest BCUT2D eigenvalue weighted by Crippen LogP contribution is -2.63. The van der Waals surface area contributed by atoms with Gasteiger partial charge >= 0.3 is 5.97 Å². The van der Waals surface area contributed by atoms with Gasteiger partial charge in [-0.05, 0) is 55.1 Å². The molecule has 11 nitrogen and oxygen atoms in total. The van der Waals surface area contributed by atoms with Crippen LogP contribution in [-0.4, -0.2) is 84.1 Å². The van der Waals surface area contributed by atoms with E-state index < -0.39 is 61.6 Å². The van der Waals surface area contributed by atoms with E-state index in [-0.39, 0.29) is 60.7 Å². The molecule has 2 bridgehead atoms. The van der Waals surface area contributed by atoms with Crippen molar-refractivity contribution in [2.24, 2.45) is 34.0 Å². The van der Waals surface area contributed by atoms with E-state index in [1.165, 1.54) is 18.3 Å². The van der Waals surface area contributed by atoms with Crippen LogP contribution in [0.2, 0.25) is 0 Å². The molecule has 12 heteroatoms. The zero-order valence-corrected chi connectivity index (χ0v) is 26.9. The zero-order valence-electron chi connectivity index (χ0n) is 26.1. The van der Waals surface area contributed by atoms with Crippen LogP contribution in [0.5, 0.6) is 0 Å². The van der Waals surface area contributed by atoms with Gasteiger partial charge in [-0.3, -0.25) is 24.7 Å². The number of amides is 1. The molecule has 4 aliphatic rings. The van der Waals surface area contributed by atoms with Crippen LogP contribution in [0.1, 0.15) is 70.2 Å². The summed E-state index contributed by atoms with van der Waals surface area (Å²) in [4.78, 5) is 55.2. The number of hydrogen-bond donors (Lipinski definition) is 2. The molecule has 1 unspecified atom stereocenters. The average molecular weight is 632 g/mol. The summed E-state index contributed by atoms with van der Waals surface area (Å²) < 4.78 is 30.6. The summed E-state index contributed by atoms with van der Waals surface area (Å²) in [7, 11) is -3.10. The first kappa shape index (κ1) is 32.6. The Hall–Kier alpha value is -2.83. The number of Topliss-reactive ketones (excluding diaryl/α,β-unsaturated/α-hetero) is 1. The van der Waals surface area contributed by atoms with Crippen LogP contribution in [0.4, 0.5) is 0 Å². The summed E-state index contributed by atoms with van der Waals surface area (Å²) in [6.07, 6.45) is 4.42. The lowest BCUT2D eigenvalue weighted by molar-refractivity contribution is -0.192. The number of rotatable bonds is 6. The number of ketones is 1. The molecule has 5 rings (SSSR count). The number of aromatic nitrogens is 1. The van der Waals surface area contributed by atoms with Crippen molar-refractivity contribution in [1.29, 1.82) is 0 Å². The Morgan fingerprint density at radius 1 is 1.18 bits per heavy atom. The van der Waals surface area contributed by atoms with Gasteiger partial charge in [0.1, 0.15) is 17.5 Å². The summed E-state index contributed by atoms with van der Waals surface area (Å²) in [6.45, 7) is 12.4. The van der Waals surface area contributed by atoms with Gasteiger partial charge in [0.15, 0.2) is 9.84 Å². The molecule has 1 saturated heterocycles. The predicted molar refractivity (Wildman–Crippen MR) is 164 cm³/mol. The van der Waals surface area contributed by atoms with Crippen LogP contribution in [0.25, 0.3) is 0 Å². The molecule has 8 atom stereocenters. The maximum atomic E-state index is 13.8. The Balaban J connectivity index is 1.42. The molecule has 0 radical (unpaired) electrons. The standard InChI is InChI=1S/C32H45N3O8S/c1-6-30(4)18-24(31(5)20(2)9-11-32(21(3)27(30)38)12-10-23(36)26(31)32)43-29(40)22-8-7-13-35(28(22)39)33-25(37)19-34-14-16-44(41,42)17-15-34/h6-8,13,20-21,24,26-27,38H,1,9-12,14-19H2,2-5H3,(H,33,37)/t20-,21+,24-,26?,27+,30-,31+,32+/m1/s1. The minimum absolute atomic E-state index is 0.0331. The number of hydrogen-bond acceptors (Lipinski definition) is 9. The van der Waals surface area contributed by atoms with Crippen LogP contribution in [0.15, 0.2) is 35.8 Å². The molecule has 2 N–H and O–H groups in total. The molecule has 1 amide bonds. The lowest BCUT2D eigenvalue weighted by atomic mass is 9.44. The van der Waals surface area contributed by atoms with Crippen LogP contribution >= 0.6 is 0 Å². The molecule has 3 aliphatic carbocycles. The fourth-order valence-corrected chi connectivity index (χ4v) is 9.99. The van der Waals surface area contributed by atoms with Crippen molar-refractivity contribution < 1.29 is 32.6 Å². The number of aliphatic hydroxyl groups excluding tert-OH is 1. The van der Waals surface area contributed by atoms with E-state index in [0.717, 1.165) is 17.5 Å². The monoisotopic (exact) mass is 631 g/mol. The Morgan fingerprint density at radius 2 is 1.86 bits per heavy atom. The number of pyridine rings is 1. The number of nitrogens with one attached hydrogen (secondary N) is 1.